The number of rotatable bonds is 2. The minimum atomic E-state index is -3.53. The molecule has 0 saturated carbocycles. The molecular weight excluding hydrogens is 277 g/mol. The quantitative estimate of drug-likeness (QED) is 0.757. The van der Waals surface area contributed by atoms with Crippen molar-refractivity contribution in [2.24, 2.45) is 0 Å². The van der Waals surface area contributed by atoms with Crippen LogP contribution in [0, 0.1) is 0 Å². The molecule has 0 fully saturated rings. The van der Waals surface area contributed by atoms with Crippen LogP contribution in [-0.4, -0.2) is 42.5 Å². The standard InChI is InChI=1S/C13H20BNO4S/c1-9(2)15-8-13(3,4)11-7-10(14(16)17)5-6-12(11)20(15,18)19/h5-7,9,16-17H,8H2,1-4H3. The molecule has 0 spiro atoms. The maximum Gasteiger partial charge on any atom is 0.488 e. The van der Waals surface area contributed by atoms with Crippen molar-refractivity contribution in [1.29, 1.82) is 0 Å². The zero-order valence-electron chi connectivity index (χ0n) is 12.2. The molecule has 20 heavy (non-hydrogen) atoms. The average Bonchev–Trinajstić information content (AvgIpc) is 2.33. The van der Waals surface area contributed by atoms with E-state index in [0.29, 0.717) is 17.6 Å². The Morgan fingerprint density at radius 2 is 1.90 bits per heavy atom. The molecule has 1 heterocycles. The summed E-state index contributed by atoms with van der Waals surface area (Å²) in [7, 11) is -5.12. The van der Waals surface area contributed by atoms with Gasteiger partial charge in [0, 0.05) is 18.0 Å². The molecule has 110 valence electrons. The van der Waals surface area contributed by atoms with Gasteiger partial charge < -0.3 is 10.0 Å². The first-order chi connectivity index (χ1) is 9.07. The third-order valence-corrected chi connectivity index (χ3v) is 5.82. The van der Waals surface area contributed by atoms with E-state index >= 15 is 0 Å². The molecule has 2 N–H and O–H groups in total. The molecule has 0 amide bonds. The molecule has 0 unspecified atom stereocenters. The van der Waals surface area contributed by atoms with Crippen LogP contribution in [0.3, 0.4) is 0 Å². The van der Waals surface area contributed by atoms with Crippen LogP contribution in [-0.2, 0) is 15.4 Å². The van der Waals surface area contributed by atoms with Crippen molar-refractivity contribution < 1.29 is 18.5 Å². The summed E-state index contributed by atoms with van der Waals surface area (Å²) in [5.41, 5.74) is 0.570. The third kappa shape index (κ3) is 2.39. The van der Waals surface area contributed by atoms with E-state index < -0.39 is 17.1 Å². The number of hydrogen-bond donors (Lipinski definition) is 2. The largest absolute Gasteiger partial charge is 0.488 e. The maximum absolute atomic E-state index is 12.6. The zero-order chi connectivity index (χ0) is 15.3. The Balaban J connectivity index is 2.69. The second-order valence-corrected chi connectivity index (χ2v) is 8.02. The fourth-order valence-electron chi connectivity index (χ4n) is 2.61. The van der Waals surface area contributed by atoms with E-state index in [2.05, 4.69) is 0 Å². The smallest absolute Gasteiger partial charge is 0.423 e. The Bertz CT molecular complexity index is 625. The molecule has 0 aliphatic carbocycles. The van der Waals surface area contributed by atoms with Gasteiger partial charge in [-0.3, -0.25) is 0 Å². The summed E-state index contributed by atoms with van der Waals surface area (Å²) >= 11 is 0. The van der Waals surface area contributed by atoms with Gasteiger partial charge >= 0.3 is 7.12 Å². The van der Waals surface area contributed by atoms with Gasteiger partial charge in [-0.25, -0.2) is 8.42 Å². The van der Waals surface area contributed by atoms with Crippen molar-refractivity contribution in [3.05, 3.63) is 23.8 Å². The highest BCUT2D eigenvalue weighted by Gasteiger charge is 2.42. The molecule has 0 atom stereocenters. The molecule has 1 aliphatic rings. The Labute approximate surface area is 120 Å². The third-order valence-electron chi connectivity index (χ3n) is 3.74. The van der Waals surface area contributed by atoms with Crippen LogP contribution in [0.15, 0.2) is 23.1 Å². The molecule has 0 radical (unpaired) electrons. The first kappa shape index (κ1) is 15.5. The van der Waals surface area contributed by atoms with Gasteiger partial charge in [0.1, 0.15) is 0 Å². The van der Waals surface area contributed by atoms with Crippen molar-refractivity contribution in [1.82, 2.24) is 4.31 Å². The molecule has 0 aromatic heterocycles. The predicted molar refractivity (Wildman–Crippen MR) is 78.3 cm³/mol. The molecule has 1 aromatic rings. The number of fused-ring (bicyclic) bond motifs is 1. The highest BCUT2D eigenvalue weighted by molar-refractivity contribution is 7.89. The normalized spacial score (nSPS) is 20.8. The lowest BCUT2D eigenvalue weighted by Gasteiger charge is -2.41. The molecule has 1 aliphatic heterocycles. The van der Waals surface area contributed by atoms with E-state index in [-0.39, 0.29) is 16.4 Å². The highest BCUT2D eigenvalue weighted by Crippen LogP contribution is 2.37. The van der Waals surface area contributed by atoms with Crippen molar-refractivity contribution >= 4 is 22.6 Å². The van der Waals surface area contributed by atoms with E-state index in [1.165, 1.54) is 16.4 Å². The lowest BCUT2D eigenvalue weighted by Crippen LogP contribution is -2.50. The van der Waals surface area contributed by atoms with Gasteiger partial charge in [-0.2, -0.15) is 4.31 Å². The first-order valence-electron chi connectivity index (χ1n) is 6.60. The fourth-order valence-corrected chi connectivity index (χ4v) is 4.76. The summed E-state index contributed by atoms with van der Waals surface area (Å²) < 4.78 is 26.7. The van der Waals surface area contributed by atoms with Crippen LogP contribution in [0.25, 0.3) is 0 Å². The topological polar surface area (TPSA) is 77.8 Å². The lowest BCUT2D eigenvalue weighted by atomic mass is 9.75. The fraction of sp³-hybridized carbons (Fsp3) is 0.538. The number of hydrogen-bond acceptors (Lipinski definition) is 4. The summed E-state index contributed by atoms with van der Waals surface area (Å²) in [4.78, 5) is 0.256. The van der Waals surface area contributed by atoms with Crippen LogP contribution in [0.5, 0.6) is 0 Å². The first-order valence-corrected chi connectivity index (χ1v) is 8.04. The van der Waals surface area contributed by atoms with Gasteiger partial charge in [0.25, 0.3) is 0 Å². The van der Waals surface area contributed by atoms with Crippen LogP contribution in [0.1, 0.15) is 33.3 Å². The molecule has 7 heteroatoms. The second kappa shape index (κ2) is 4.84. The monoisotopic (exact) mass is 297 g/mol. The molecule has 0 saturated heterocycles. The summed E-state index contributed by atoms with van der Waals surface area (Å²) in [6, 6.07) is 4.38. The van der Waals surface area contributed by atoms with E-state index in [0.717, 1.165) is 0 Å². The zero-order valence-corrected chi connectivity index (χ0v) is 13.0. The minimum absolute atomic E-state index is 0.115. The number of benzene rings is 1. The average molecular weight is 297 g/mol. The Morgan fingerprint density at radius 1 is 1.30 bits per heavy atom. The van der Waals surface area contributed by atoms with E-state index in [1.54, 1.807) is 6.07 Å². The highest BCUT2D eigenvalue weighted by atomic mass is 32.2. The molecule has 5 nitrogen and oxygen atoms in total. The van der Waals surface area contributed by atoms with Crippen molar-refractivity contribution in [3.63, 3.8) is 0 Å². The number of sulfonamides is 1. The van der Waals surface area contributed by atoms with E-state index in [1.807, 2.05) is 27.7 Å². The lowest BCUT2D eigenvalue weighted by molar-refractivity contribution is 0.276. The van der Waals surface area contributed by atoms with Gasteiger partial charge in [0.2, 0.25) is 10.0 Å². The van der Waals surface area contributed by atoms with Crippen LogP contribution in [0.4, 0.5) is 0 Å². The Morgan fingerprint density at radius 3 is 2.40 bits per heavy atom. The number of nitrogens with zero attached hydrogens (tertiary/aromatic N) is 1. The van der Waals surface area contributed by atoms with Gasteiger partial charge in [-0.1, -0.05) is 26.0 Å². The van der Waals surface area contributed by atoms with Crippen molar-refractivity contribution in [2.75, 3.05) is 6.54 Å². The van der Waals surface area contributed by atoms with E-state index in [4.69, 9.17) is 0 Å². The summed E-state index contributed by atoms with van der Waals surface area (Å²) in [6.45, 7) is 8.01. The van der Waals surface area contributed by atoms with Crippen LogP contribution < -0.4 is 5.46 Å². The SMILES string of the molecule is CC(C)N1CC(C)(C)c2cc(B(O)O)ccc2S1(=O)=O. The second-order valence-electron chi connectivity index (χ2n) is 6.16. The van der Waals surface area contributed by atoms with Gasteiger partial charge in [-0.05, 0) is 30.9 Å². The van der Waals surface area contributed by atoms with Gasteiger partial charge in [-0.15, -0.1) is 0 Å². The molecule has 1 aromatic carbocycles. The molecular formula is C13H20BNO4S. The summed E-state index contributed by atoms with van der Waals surface area (Å²) in [5, 5.41) is 18.5. The van der Waals surface area contributed by atoms with Crippen molar-refractivity contribution in [3.8, 4) is 0 Å². The molecule has 0 bridgehead atoms. The Hall–Kier alpha value is -0.885. The van der Waals surface area contributed by atoms with Crippen LogP contribution >= 0.6 is 0 Å². The maximum atomic E-state index is 12.6. The van der Waals surface area contributed by atoms with Gasteiger partial charge in [0.15, 0.2) is 0 Å². The van der Waals surface area contributed by atoms with Crippen LogP contribution in [0.2, 0.25) is 0 Å². The summed E-state index contributed by atoms with van der Waals surface area (Å²) in [5.74, 6) is 0. The minimum Gasteiger partial charge on any atom is -0.423 e. The van der Waals surface area contributed by atoms with Crippen molar-refractivity contribution in [2.45, 2.75) is 44.0 Å². The van der Waals surface area contributed by atoms with E-state index in [9.17, 15) is 18.5 Å². The van der Waals surface area contributed by atoms with Gasteiger partial charge in [0.05, 0.1) is 4.90 Å². The Kier molecular flexibility index (Phi) is 3.75. The summed E-state index contributed by atoms with van der Waals surface area (Å²) in [6.07, 6.45) is 0. The predicted octanol–water partition coefficient (Wildman–Crippen LogP) is 0.0567. The molecule has 2 rings (SSSR count).